The van der Waals surface area contributed by atoms with E-state index in [-0.39, 0.29) is 6.10 Å². The van der Waals surface area contributed by atoms with Crippen LogP contribution in [0.5, 0.6) is 0 Å². The zero-order chi connectivity index (χ0) is 21.0. The minimum atomic E-state index is -3.69. The van der Waals surface area contributed by atoms with Crippen molar-refractivity contribution in [1.29, 1.82) is 0 Å². The van der Waals surface area contributed by atoms with Crippen molar-refractivity contribution < 1.29 is 13.2 Å². The Balaban J connectivity index is 2.18. The number of sulfone groups is 1. The molecule has 3 nitrogen and oxygen atoms in total. The van der Waals surface area contributed by atoms with Crippen LogP contribution in [0.3, 0.4) is 0 Å². The molecule has 0 aliphatic carbocycles. The molecule has 0 bridgehead atoms. The molecule has 2 aromatic carbocycles. The summed E-state index contributed by atoms with van der Waals surface area (Å²) in [6, 6.07) is 14.3. The zero-order valence-corrected chi connectivity index (χ0v) is 19.9. The molecule has 0 saturated heterocycles. The van der Waals surface area contributed by atoms with Gasteiger partial charge in [-0.15, -0.1) is 0 Å². The van der Waals surface area contributed by atoms with Crippen molar-refractivity contribution in [3.8, 4) is 0 Å². The van der Waals surface area contributed by atoms with Crippen molar-refractivity contribution in [3.05, 3.63) is 75.2 Å². The predicted molar refractivity (Wildman–Crippen MR) is 122 cm³/mol. The van der Waals surface area contributed by atoms with Crippen LogP contribution in [0.2, 0.25) is 5.02 Å². The van der Waals surface area contributed by atoms with Gasteiger partial charge in [0.1, 0.15) is 6.10 Å². The van der Waals surface area contributed by atoms with Crippen molar-refractivity contribution in [2.24, 2.45) is 0 Å². The van der Waals surface area contributed by atoms with Gasteiger partial charge in [-0.25, -0.2) is 8.42 Å². The molecule has 156 valence electrons. The van der Waals surface area contributed by atoms with Gasteiger partial charge in [0.15, 0.2) is 0 Å². The predicted octanol–water partition coefficient (Wildman–Crippen LogP) is 6.79. The van der Waals surface area contributed by atoms with E-state index in [1.165, 1.54) is 0 Å². The highest BCUT2D eigenvalue weighted by Gasteiger charge is 2.38. The molecule has 0 saturated carbocycles. The average Bonchev–Trinajstić information content (AvgIpc) is 2.72. The quantitative estimate of drug-likeness (QED) is 0.395. The minimum absolute atomic E-state index is 0.0699. The van der Waals surface area contributed by atoms with E-state index < -0.39 is 15.9 Å². The molecule has 0 unspecified atom stereocenters. The highest BCUT2D eigenvalue weighted by molar-refractivity contribution is 9.09. The minimum Gasteiger partial charge on any atom is -0.364 e. The van der Waals surface area contributed by atoms with E-state index in [0.29, 0.717) is 26.6 Å². The lowest BCUT2D eigenvalue weighted by atomic mass is 9.95. The molecule has 3 rings (SSSR count). The Kier molecular flexibility index (Phi) is 7.60. The first kappa shape index (κ1) is 22.5. The fourth-order valence-electron chi connectivity index (χ4n) is 3.61. The standard InChI is InChI=1S/C23H26BrClO3S/c1-3-4-5-18-14-20(15-24)28-22(17-8-10-19(25)11-9-17)23(18)29(26,27)21-12-6-16(2)7-13-21/h6-13,20,22H,3-5,14-15H2,1-2H3/t20-,22-/m0/s1. The Morgan fingerprint density at radius 3 is 2.34 bits per heavy atom. The SMILES string of the molecule is CCCCC1=C(S(=O)(=O)c2ccc(C)cc2)[C@H](c2ccc(Cl)cc2)O[C@H](CBr)C1. The van der Waals surface area contributed by atoms with E-state index >= 15 is 0 Å². The number of rotatable bonds is 7. The third kappa shape index (κ3) is 5.13. The molecule has 6 heteroatoms. The van der Waals surface area contributed by atoms with E-state index in [2.05, 4.69) is 22.9 Å². The lowest BCUT2D eigenvalue weighted by molar-refractivity contribution is 0.0126. The molecule has 0 spiro atoms. The van der Waals surface area contributed by atoms with Crippen LogP contribution in [0.25, 0.3) is 0 Å². The molecular formula is C23H26BrClO3S. The first-order valence-electron chi connectivity index (χ1n) is 9.87. The van der Waals surface area contributed by atoms with Crippen LogP contribution in [-0.4, -0.2) is 19.9 Å². The number of aryl methyl sites for hydroxylation is 1. The summed E-state index contributed by atoms with van der Waals surface area (Å²) >= 11 is 9.59. The highest BCUT2D eigenvalue weighted by atomic mass is 79.9. The van der Waals surface area contributed by atoms with E-state index in [9.17, 15) is 8.42 Å². The molecule has 0 radical (unpaired) electrons. The van der Waals surface area contributed by atoms with Crippen molar-refractivity contribution in [2.75, 3.05) is 5.33 Å². The molecule has 2 atom stereocenters. The molecule has 29 heavy (non-hydrogen) atoms. The maximum Gasteiger partial charge on any atom is 0.205 e. The Hall–Kier alpha value is -1.14. The first-order chi connectivity index (χ1) is 13.9. The summed E-state index contributed by atoms with van der Waals surface area (Å²) in [6.07, 6.45) is 2.63. The Morgan fingerprint density at radius 1 is 1.10 bits per heavy atom. The van der Waals surface area contributed by atoms with Crippen LogP contribution >= 0.6 is 27.5 Å². The number of hydrogen-bond acceptors (Lipinski definition) is 3. The second kappa shape index (κ2) is 9.78. The summed E-state index contributed by atoms with van der Waals surface area (Å²) in [5, 5.41) is 1.27. The Labute approximate surface area is 187 Å². The van der Waals surface area contributed by atoms with Gasteiger partial charge < -0.3 is 4.74 Å². The number of ether oxygens (including phenoxy) is 1. The highest BCUT2D eigenvalue weighted by Crippen LogP contribution is 2.43. The van der Waals surface area contributed by atoms with Crippen LogP contribution in [0.1, 0.15) is 49.8 Å². The van der Waals surface area contributed by atoms with Gasteiger partial charge in [0.2, 0.25) is 9.84 Å². The van der Waals surface area contributed by atoms with Crippen LogP contribution in [-0.2, 0) is 14.6 Å². The fraction of sp³-hybridized carbons (Fsp3) is 0.391. The summed E-state index contributed by atoms with van der Waals surface area (Å²) in [5.74, 6) is 0. The van der Waals surface area contributed by atoms with Gasteiger partial charge in [-0.2, -0.15) is 0 Å². The first-order valence-corrected chi connectivity index (χ1v) is 12.9. The van der Waals surface area contributed by atoms with Gasteiger partial charge in [-0.3, -0.25) is 0 Å². The Morgan fingerprint density at radius 2 is 1.76 bits per heavy atom. The molecule has 0 amide bonds. The molecule has 0 aromatic heterocycles. The molecule has 0 fully saturated rings. The molecule has 2 aromatic rings. The van der Waals surface area contributed by atoms with Crippen LogP contribution in [0.15, 0.2) is 63.9 Å². The van der Waals surface area contributed by atoms with Gasteiger partial charge in [-0.1, -0.05) is 70.7 Å². The van der Waals surface area contributed by atoms with Gasteiger partial charge in [0.25, 0.3) is 0 Å². The van der Waals surface area contributed by atoms with Crippen molar-refractivity contribution >= 4 is 37.4 Å². The van der Waals surface area contributed by atoms with Crippen molar-refractivity contribution in [3.63, 3.8) is 0 Å². The fourth-order valence-corrected chi connectivity index (χ4v) is 5.91. The molecule has 0 N–H and O–H groups in total. The molecule has 1 aliphatic heterocycles. The second-order valence-corrected chi connectivity index (χ2v) is 10.4. The normalized spacial score (nSPS) is 20.1. The average molecular weight is 498 g/mol. The van der Waals surface area contributed by atoms with Crippen molar-refractivity contribution in [2.45, 2.75) is 56.6 Å². The number of unbranched alkanes of at least 4 members (excludes halogenated alkanes) is 1. The van der Waals surface area contributed by atoms with E-state index in [0.717, 1.165) is 36.0 Å². The molecule has 1 aliphatic rings. The zero-order valence-electron chi connectivity index (χ0n) is 16.7. The smallest absolute Gasteiger partial charge is 0.205 e. The van der Waals surface area contributed by atoms with Gasteiger partial charge in [0.05, 0.1) is 15.9 Å². The molecular weight excluding hydrogens is 472 g/mol. The van der Waals surface area contributed by atoms with Crippen LogP contribution in [0, 0.1) is 6.92 Å². The summed E-state index contributed by atoms with van der Waals surface area (Å²) in [4.78, 5) is 0.710. The lowest BCUT2D eigenvalue weighted by Crippen LogP contribution is -2.30. The van der Waals surface area contributed by atoms with Crippen LogP contribution in [0.4, 0.5) is 0 Å². The third-order valence-corrected chi connectivity index (χ3v) is 8.14. The van der Waals surface area contributed by atoms with E-state index in [1.807, 2.05) is 31.2 Å². The Bertz CT molecular complexity index is 966. The number of benzene rings is 2. The summed E-state index contributed by atoms with van der Waals surface area (Å²) in [6.45, 7) is 4.07. The maximum absolute atomic E-state index is 13.7. The number of halogens is 2. The van der Waals surface area contributed by atoms with Gasteiger partial charge >= 0.3 is 0 Å². The van der Waals surface area contributed by atoms with Crippen molar-refractivity contribution in [1.82, 2.24) is 0 Å². The summed E-state index contributed by atoms with van der Waals surface area (Å²) in [5.41, 5.74) is 2.81. The van der Waals surface area contributed by atoms with E-state index in [1.54, 1.807) is 24.3 Å². The maximum atomic E-state index is 13.7. The number of alkyl halides is 1. The van der Waals surface area contributed by atoms with Crippen LogP contribution < -0.4 is 0 Å². The third-order valence-electron chi connectivity index (χ3n) is 5.19. The summed E-state index contributed by atoms with van der Waals surface area (Å²) < 4.78 is 33.8. The summed E-state index contributed by atoms with van der Waals surface area (Å²) in [7, 11) is -3.69. The van der Waals surface area contributed by atoms with Gasteiger partial charge in [-0.05, 0) is 61.6 Å². The van der Waals surface area contributed by atoms with Gasteiger partial charge in [0, 0.05) is 10.4 Å². The second-order valence-electron chi connectivity index (χ2n) is 7.44. The van der Waals surface area contributed by atoms with E-state index in [4.69, 9.17) is 16.3 Å². The topological polar surface area (TPSA) is 43.4 Å². The largest absolute Gasteiger partial charge is 0.364 e. The monoisotopic (exact) mass is 496 g/mol. The lowest BCUT2D eigenvalue weighted by Gasteiger charge is -2.34. The number of hydrogen-bond donors (Lipinski definition) is 0. The molecule has 1 heterocycles.